The average molecular weight is 305 g/mol. The fourth-order valence-electron chi connectivity index (χ4n) is 1.83. The number of thiocarbonyl (C=S) groups is 1. The summed E-state index contributed by atoms with van der Waals surface area (Å²) in [6.07, 6.45) is 0. The van der Waals surface area contributed by atoms with Crippen molar-refractivity contribution in [1.82, 2.24) is 0 Å². The van der Waals surface area contributed by atoms with Gasteiger partial charge in [-0.15, -0.1) is 0 Å². The molecule has 0 aliphatic heterocycles. The van der Waals surface area contributed by atoms with Gasteiger partial charge in [-0.1, -0.05) is 29.8 Å². The van der Waals surface area contributed by atoms with Gasteiger partial charge in [-0.05, 0) is 67.9 Å². The SMILES string of the molecule is Cc1ccc(C)c(NC(=S)Nc2ccc(C)c(Cl)c2)c1. The number of benzene rings is 2. The number of anilines is 2. The van der Waals surface area contributed by atoms with Gasteiger partial charge in [0.05, 0.1) is 0 Å². The van der Waals surface area contributed by atoms with Crippen LogP contribution in [0.25, 0.3) is 0 Å². The highest BCUT2D eigenvalue weighted by Crippen LogP contribution is 2.21. The Labute approximate surface area is 130 Å². The van der Waals surface area contributed by atoms with Crippen LogP contribution in [0.5, 0.6) is 0 Å². The maximum Gasteiger partial charge on any atom is 0.175 e. The van der Waals surface area contributed by atoms with Crippen LogP contribution in [0.2, 0.25) is 5.02 Å². The summed E-state index contributed by atoms with van der Waals surface area (Å²) >= 11 is 11.4. The molecule has 0 bridgehead atoms. The first kappa shape index (κ1) is 14.8. The first-order chi connectivity index (χ1) is 9.45. The number of nitrogens with one attached hydrogen (secondary N) is 2. The molecule has 0 unspecified atom stereocenters. The predicted molar refractivity (Wildman–Crippen MR) is 91.9 cm³/mol. The van der Waals surface area contributed by atoms with Crippen LogP contribution in [0.3, 0.4) is 0 Å². The van der Waals surface area contributed by atoms with Crippen LogP contribution in [0.15, 0.2) is 36.4 Å². The second kappa shape index (κ2) is 6.25. The smallest absolute Gasteiger partial charge is 0.175 e. The third kappa shape index (κ3) is 3.71. The average Bonchev–Trinajstić information content (AvgIpc) is 2.38. The van der Waals surface area contributed by atoms with Crippen LogP contribution < -0.4 is 10.6 Å². The summed E-state index contributed by atoms with van der Waals surface area (Å²) in [6, 6.07) is 12.0. The molecule has 0 fully saturated rings. The molecule has 0 atom stereocenters. The first-order valence-corrected chi connectivity index (χ1v) is 7.16. The van der Waals surface area contributed by atoms with E-state index in [0.717, 1.165) is 27.5 Å². The molecule has 2 nitrogen and oxygen atoms in total. The zero-order chi connectivity index (χ0) is 14.7. The van der Waals surface area contributed by atoms with Crippen molar-refractivity contribution in [3.05, 3.63) is 58.1 Å². The van der Waals surface area contributed by atoms with E-state index in [0.29, 0.717) is 5.11 Å². The number of hydrogen-bond acceptors (Lipinski definition) is 1. The normalized spacial score (nSPS) is 10.2. The molecule has 0 heterocycles. The van der Waals surface area contributed by atoms with E-state index in [1.807, 2.05) is 32.0 Å². The zero-order valence-electron chi connectivity index (χ0n) is 11.8. The molecule has 2 aromatic carbocycles. The molecule has 0 saturated carbocycles. The second-order valence-corrected chi connectivity index (χ2v) is 5.68. The van der Waals surface area contributed by atoms with Crippen molar-refractivity contribution in [1.29, 1.82) is 0 Å². The molecule has 0 spiro atoms. The van der Waals surface area contributed by atoms with Crippen molar-refractivity contribution in [2.24, 2.45) is 0 Å². The molecule has 0 aliphatic rings. The van der Waals surface area contributed by atoms with Crippen molar-refractivity contribution < 1.29 is 0 Å². The number of hydrogen-bond donors (Lipinski definition) is 2. The van der Waals surface area contributed by atoms with Crippen LogP contribution in [0, 0.1) is 20.8 Å². The molecule has 2 aromatic rings. The topological polar surface area (TPSA) is 24.1 Å². The lowest BCUT2D eigenvalue weighted by molar-refractivity contribution is 1.39. The Balaban J connectivity index is 2.09. The Hall–Kier alpha value is -1.58. The van der Waals surface area contributed by atoms with E-state index in [1.54, 1.807) is 0 Å². The van der Waals surface area contributed by atoms with E-state index in [-0.39, 0.29) is 0 Å². The summed E-state index contributed by atoms with van der Waals surface area (Å²) < 4.78 is 0. The minimum Gasteiger partial charge on any atom is -0.332 e. The lowest BCUT2D eigenvalue weighted by atomic mass is 10.1. The largest absolute Gasteiger partial charge is 0.332 e. The van der Waals surface area contributed by atoms with Crippen LogP contribution in [-0.2, 0) is 0 Å². The van der Waals surface area contributed by atoms with Crippen LogP contribution in [0.4, 0.5) is 11.4 Å². The van der Waals surface area contributed by atoms with Crippen LogP contribution in [0.1, 0.15) is 16.7 Å². The Kier molecular flexibility index (Phi) is 4.63. The van der Waals surface area contributed by atoms with E-state index in [4.69, 9.17) is 23.8 Å². The van der Waals surface area contributed by atoms with E-state index in [1.165, 1.54) is 5.56 Å². The molecule has 0 aromatic heterocycles. The van der Waals surface area contributed by atoms with Crippen LogP contribution in [-0.4, -0.2) is 5.11 Å². The van der Waals surface area contributed by atoms with Gasteiger partial charge in [-0.3, -0.25) is 0 Å². The molecule has 2 N–H and O–H groups in total. The molecule has 4 heteroatoms. The standard InChI is InChI=1S/C16H17ClN2S/c1-10-4-5-12(3)15(8-10)19-16(20)18-13-7-6-11(2)14(17)9-13/h4-9H,1-3H3,(H2,18,19,20). The van der Waals surface area contributed by atoms with Crippen molar-refractivity contribution in [2.45, 2.75) is 20.8 Å². The van der Waals surface area contributed by atoms with E-state index in [2.05, 4.69) is 35.8 Å². The summed E-state index contributed by atoms with van der Waals surface area (Å²) in [5.74, 6) is 0. The predicted octanol–water partition coefficient (Wildman–Crippen LogP) is 5.07. The lowest BCUT2D eigenvalue weighted by Gasteiger charge is -2.13. The van der Waals surface area contributed by atoms with E-state index in [9.17, 15) is 0 Å². The third-order valence-corrected chi connectivity index (χ3v) is 3.68. The van der Waals surface area contributed by atoms with Gasteiger partial charge in [0.1, 0.15) is 0 Å². The molecular formula is C16H17ClN2S. The summed E-state index contributed by atoms with van der Waals surface area (Å²) in [6.45, 7) is 6.08. The van der Waals surface area contributed by atoms with Gasteiger partial charge in [0.15, 0.2) is 5.11 Å². The van der Waals surface area contributed by atoms with E-state index >= 15 is 0 Å². The van der Waals surface area contributed by atoms with Gasteiger partial charge >= 0.3 is 0 Å². The lowest BCUT2D eigenvalue weighted by Crippen LogP contribution is -2.19. The third-order valence-electron chi connectivity index (χ3n) is 3.07. The van der Waals surface area contributed by atoms with Gasteiger partial charge in [0.2, 0.25) is 0 Å². The maximum atomic E-state index is 6.10. The van der Waals surface area contributed by atoms with Gasteiger partial charge < -0.3 is 10.6 Å². The molecule has 0 amide bonds. The molecule has 0 saturated heterocycles. The van der Waals surface area contributed by atoms with Crippen molar-refractivity contribution in [3.8, 4) is 0 Å². The second-order valence-electron chi connectivity index (χ2n) is 4.86. The van der Waals surface area contributed by atoms with Crippen LogP contribution >= 0.6 is 23.8 Å². The Morgan fingerprint density at radius 1 is 0.950 bits per heavy atom. The van der Waals surface area contributed by atoms with Gasteiger partial charge in [0.25, 0.3) is 0 Å². The van der Waals surface area contributed by atoms with Crippen molar-refractivity contribution >= 4 is 40.3 Å². The Morgan fingerprint density at radius 3 is 2.35 bits per heavy atom. The minimum absolute atomic E-state index is 0.554. The summed E-state index contributed by atoms with van der Waals surface area (Å²) in [4.78, 5) is 0. The highest BCUT2D eigenvalue weighted by atomic mass is 35.5. The minimum atomic E-state index is 0.554. The molecule has 0 radical (unpaired) electrons. The number of halogens is 1. The quantitative estimate of drug-likeness (QED) is 0.757. The fourth-order valence-corrected chi connectivity index (χ4v) is 2.23. The molecule has 0 aliphatic carbocycles. The molecular weight excluding hydrogens is 288 g/mol. The van der Waals surface area contributed by atoms with Crippen molar-refractivity contribution in [3.63, 3.8) is 0 Å². The number of rotatable bonds is 2. The van der Waals surface area contributed by atoms with E-state index < -0.39 is 0 Å². The Bertz CT molecular complexity index is 653. The summed E-state index contributed by atoms with van der Waals surface area (Å²) in [5, 5.41) is 7.63. The zero-order valence-corrected chi connectivity index (χ0v) is 13.3. The number of aryl methyl sites for hydroxylation is 3. The van der Waals surface area contributed by atoms with Gasteiger partial charge in [-0.25, -0.2) is 0 Å². The van der Waals surface area contributed by atoms with Gasteiger partial charge in [0, 0.05) is 16.4 Å². The summed E-state index contributed by atoms with van der Waals surface area (Å²) in [5.41, 5.74) is 5.29. The molecule has 104 valence electrons. The van der Waals surface area contributed by atoms with Crippen molar-refractivity contribution in [2.75, 3.05) is 10.6 Å². The first-order valence-electron chi connectivity index (χ1n) is 6.37. The highest BCUT2D eigenvalue weighted by molar-refractivity contribution is 7.80. The maximum absolute atomic E-state index is 6.10. The van der Waals surface area contributed by atoms with Gasteiger partial charge in [-0.2, -0.15) is 0 Å². The fraction of sp³-hybridized carbons (Fsp3) is 0.188. The Morgan fingerprint density at radius 2 is 1.65 bits per heavy atom. The monoisotopic (exact) mass is 304 g/mol. The highest BCUT2D eigenvalue weighted by Gasteiger charge is 2.03. The molecule has 20 heavy (non-hydrogen) atoms. The summed E-state index contributed by atoms with van der Waals surface area (Å²) in [7, 11) is 0. The molecule has 2 rings (SSSR count).